The molecule has 2 amide bonds. The van der Waals surface area contributed by atoms with Crippen molar-refractivity contribution in [2.24, 2.45) is 0 Å². The number of rotatable bonds is 4. The molecule has 0 aliphatic rings. The molecule has 1 aromatic carbocycles. The molecule has 1 rings (SSSR count). The molecule has 0 aliphatic heterocycles. The lowest BCUT2D eigenvalue weighted by molar-refractivity contribution is 0.0632. The third-order valence-corrected chi connectivity index (χ3v) is 2.41. The summed E-state index contributed by atoms with van der Waals surface area (Å²) in [4.78, 5) is 34.6. The molecule has 0 spiro atoms. The third kappa shape index (κ3) is 6.99. The van der Waals surface area contributed by atoms with Crippen molar-refractivity contribution in [2.75, 3.05) is 10.6 Å². The number of hydrogen-bond donors (Lipinski definition) is 3. The van der Waals surface area contributed by atoms with Crippen LogP contribution in [0.4, 0.5) is 21.0 Å². The van der Waals surface area contributed by atoms with Gasteiger partial charge >= 0.3 is 18.2 Å². The van der Waals surface area contributed by atoms with Gasteiger partial charge in [0.2, 0.25) is 0 Å². The molecule has 0 saturated carbocycles. The van der Waals surface area contributed by atoms with Crippen LogP contribution >= 0.6 is 0 Å². The van der Waals surface area contributed by atoms with Crippen molar-refractivity contribution in [1.29, 1.82) is 0 Å². The van der Waals surface area contributed by atoms with Crippen molar-refractivity contribution in [3.8, 4) is 0 Å². The van der Waals surface area contributed by atoms with Gasteiger partial charge in [-0.25, -0.2) is 14.4 Å². The van der Waals surface area contributed by atoms with Crippen LogP contribution in [0, 0.1) is 0 Å². The van der Waals surface area contributed by atoms with Crippen molar-refractivity contribution < 1.29 is 29.0 Å². The zero-order valence-electron chi connectivity index (χ0n) is 14.3. The smallest absolute Gasteiger partial charge is 0.412 e. The van der Waals surface area contributed by atoms with E-state index in [2.05, 4.69) is 10.6 Å². The molecular formula is C16H22N2O6. The molecule has 0 unspecified atom stereocenters. The van der Waals surface area contributed by atoms with Gasteiger partial charge in [-0.1, -0.05) is 0 Å². The second-order valence-corrected chi connectivity index (χ2v) is 6.31. The van der Waals surface area contributed by atoms with Crippen LogP contribution < -0.4 is 10.6 Å². The first-order valence-corrected chi connectivity index (χ1v) is 7.32. The number of carboxylic acids is 1. The predicted molar refractivity (Wildman–Crippen MR) is 88.5 cm³/mol. The van der Waals surface area contributed by atoms with E-state index < -0.39 is 23.8 Å². The number of nitrogens with one attached hydrogen (secondary N) is 2. The summed E-state index contributed by atoms with van der Waals surface area (Å²) in [6.45, 7) is 8.48. The van der Waals surface area contributed by atoms with Crippen LogP contribution in [-0.2, 0) is 9.47 Å². The van der Waals surface area contributed by atoms with Gasteiger partial charge in [0.15, 0.2) is 0 Å². The highest BCUT2D eigenvalue weighted by Crippen LogP contribution is 2.21. The Balaban J connectivity index is 2.98. The van der Waals surface area contributed by atoms with Crippen LogP contribution in [0.25, 0.3) is 0 Å². The maximum absolute atomic E-state index is 11.8. The monoisotopic (exact) mass is 338 g/mol. The van der Waals surface area contributed by atoms with Gasteiger partial charge in [0, 0.05) is 11.4 Å². The molecule has 0 aliphatic carbocycles. The summed E-state index contributed by atoms with van der Waals surface area (Å²) in [5.74, 6) is -1.21. The highest BCUT2D eigenvalue weighted by molar-refractivity contribution is 5.95. The van der Waals surface area contributed by atoms with Gasteiger partial charge in [0.05, 0.1) is 11.7 Å². The number of carbonyl (C=O) groups is 3. The first-order valence-electron chi connectivity index (χ1n) is 7.32. The van der Waals surface area contributed by atoms with E-state index in [1.807, 2.05) is 0 Å². The number of benzene rings is 1. The summed E-state index contributed by atoms with van der Waals surface area (Å²) in [5, 5.41) is 14.0. The van der Waals surface area contributed by atoms with Gasteiger partial charge in [0.1, 0.15) is 5.60 Å². The van der Waals surface area contributed by atoms with Gasteiger partial charge in [0.25, 0.3) is 0 Å². The van der Waals surface area contributed by atoms with E-state index in [1.165, 1.54) is 18.2 Å². The first kappa shape index (κ1) is 19.3. The highest BCUT2D eigenvalue weighted by atomic mass is 16.6. The second kappa shape index (κ2) is 7.67. The summed E-state index contributed by atoms with van der Waals surface area (Å²) in [6.07, 6.45) is -1.79. The average Bonchev–Trinajstić information content (AvgIpc) is 2.34. The summed E-state index contributed by atoms with van der Waals surface area (Å²) >= 11 is 0. The lowest BCUT2D eigenvalue weighted by atomic mass is 10.1. The molecule has 0 atom stereocenters. The van der Waals surface area contributed by atoms with Crippen molar-refractivity contribution in [3.63, 3.8) is 0 Å². The fourth-order valence-corrected chi connectivity index (χ4v) is 1.68. The van der Waals surface area contributed by atoms with Gasteiger partial charge in [-0.3, -0.25) is 10.6 Å². The molecule has 0 bridgehead atoms. The average molecular weight is 338 g/mol. The molecule has 8 nitrogen and oxygen atoms in total. The second-order valence-electron chi connectivity index (χ2n) is 6.31. The highest BCUT2D eigenvalue weighted by Gasteiger charge is 2.17. The molecule has 24 heavy (non-hydrogen) atoms. The Morgan fingerprint density at radius 3 is 1.92 bits per heavy atom. The molecule has 0 heterocycles. The Bertz CT molecular complexity index is 634. The minimum atomic E-state index is -1.21. The fraction of sp³-hybridized carbons (Fsp3) is 0.438. The van der Waals surface area contributed by atoms with Crippen LogP contribution in [0.3, 0.4) is 0 Å². The van der Waals surface area contributed by atoms with Crippen LogP contribution in [0.2, 0.25) is 0 Å². The van der Waals surface area contributed by atoms with Gasteiger partial charge in [-0.15, -0.1) is 0 Å². The zero-order valence-corrected chi connectivity index (χ0v) is 14.3. The van der Waals surface area contributed by atoms with Crippen LogP contribution in [0.5, 0.6) is 0 Å². The summed E-state index contributed by atoms with van der Waals surface area (Å²) in [6, 6.07) is 3.91. The molecule has 0 fully saturated rings. The Morgan fingerprint density at radius 2 is 1.50 bits per heavy atom. The van der Waals surface area contributed by atoms with E-state index in [-0.39, 0.29) is 23.0 Å². The van der Waals surface area contributed by atoms with E-state index in [0.29, 0.717) is 0 Å². The fourth-order valence-electron chi connectivity index (χ4n) is 1.68. The standard InChI is InChI=1S/C16H22N2O6/c1-9(2)23-14(21)17-11-6-10(13(19)20)7-12(8-11)18-15(22)24-16(3,4)5/h6-9H,1-5H3,(H,17,21)(H,18,22)(H,19,20). The van der Waals surface area contributed by atoms with Crippen molar-refractivity contribution in [1.82, 2.24) is 0 Å². The maximum atomic E-state index is 11.8. The Kier molecular flexibility index (Phi) is 6.16. The summed E-state index contributed by atoms with van der Waals surface area (Å²) < 4.78 is 10.0. The van der Waals surface area contributed by atoms with Gasteiger partial charge < -0.3 is 14.6 Å². The number of ether oxygens (including phenoxy) is 2. The van der Waals surface area contributed by atoms with Gasteiger partial charge in [-0.2, -0.15) is 0 Å². The SMILES string of the molecule is CC(C)OC(=O)Nc1cc(NC(=O)OC(C)(C)C)cc(C(=O)O)c1. The normalized spacial score (nSPS) is 10.9. The van der Waals surface area contributed by atoms with Crippen molar-refractivity contribution >= 4 is 29.5 Å². The topological polar surface area (TPSA) is 114 Å². The van der Waals surface area contributed by atoms with Crippen molar-refractivity contribution in [3.05, 3.63) is 23.8 Å². The zero-order chi connectivity index (χ0) is 18.5. The summed E-state index contributed by atoms with van der Waals surface area (Å²) in [5.41, 5.74) is -0.463. The molecule has 132 valence electrons. The van der Waals surface area contributed by atoms with Crippen LogP contribution in [-0.4, -0.2) is 35.0 Å². The van der Waals surface area contributed by atoms with E-state index in [9.17, 15) is 14.4 Å². The number of amides is 2. The van der Waals surface area contributed by atoms with Gasteiger partial charge in [-0.05, 0) is 52.8 Å². The van der Waals surface area contributed by atoms with E-state index in [0.717, 1.165) is 0 Å². The third-order valence-electron chi connectivity index (χ3n) is 2.41. The Labute approximate surface area is 140 Å². The largest absolute Gasteiger partial charge is 0.478 e. The minimum absolute atomic E-state index is 0.108. The molecule has 1 aromatic rings. The molecule has 8 heteroatoms. The lowest BCUT2D eigenvalue weighted by Gasteiger charge is -2.20. The van der Waals surface area contributed by atoms with Crippen molar-refractivity contribution in [2.45, 2.75) is 46.3 Å². The Morgan fingerprint density at radius 1 is 1.00 bits per heavy atom. The number of carbonyl (C=O) groups excluding carboxylic acids is 2. The quantitative estimate of drug-likeness (QED) is 0.771. The maximum Gasteiger partial charge on any atom is 0.412 e. The molecule has 3 N–H and O–H groups in total. The number of hydrogen-bond acceptors (Lipinski definition) is 5. The molecular weight excluding hydrogens is 316 g/mol. The predicted octanol–water partition coefficient (Wildman–Crippen LogP) is 3.69. The number of anilines is 2. The lowest BCUT2D eigenvalue weighted by Crippen LogP contribution is -2.27. The summed E-state index contributed by atoms with van der Waals surface area (Å²) in [7, 11) is 0. The molecule has 0 radical (unpaired) electrons. The first-order chi connectivity index (χ1) is 11.0. The van der Waals surface area contributed by atoms with E-state index >= 15 is 0 Å². The Hall–Kier alpha value is -2.77. The molecule has 0 aromatic heterocycles. The van der Waals surface area contributed by atoms with Crippen LogP contribution in [0.1, 0.15) is 45.0 Å². The molecule has 0 saturated heterocycles. The van der Waals surface area contributed by atoms with E-state index in [4.69, 9.17) is 14.6 Å². The minimum Gasteiger partial charge on any atom is -0.478 e. The number of carboxylic acid groups (broad SMARTS) is 1. The van der Waals surface area contributed by atoms with Crippen LogP contribution in [0.15, 0.2) is 18.2 Å². The number of aromatic carboxylic acids is 1. The van der Waals surface area contributed by atoms with E-state index in [1.54, 1.807) is 34.6 Å².